The highest BCUT2D eigenvalue weighted by molar-refractivity contribution is 7.48. The van der Waals surface area contributed by atoms with E-state index in [4.69, 9.17) is 18.0 Å². The monoisotopic (exact) mass is 318 g/mol. The molecule has 0 amide bonds. The summed E-state index contributed by atoms with van der Waals surface area (Å²) in [5.41, 5.74) is 0. The van der Waals surface area contributed by atoms with Gasteiger partial charge in [0.25, 0.3) is 0 Å². The highest BCUT2D eigenvalue weighted by Gasteiger charge is 2.28. The Balaban J connectivity index is 2.50. The van der Waals surface area contributed by atoms with Gasteiger partial charge in [0.2, 0.25) is 5.78 Å². The lowest BCUT2D eigenvalue weighted by Gasteiger charge is -2.17. The zero-order valence-corrected chi connectivity index (χ0v) is 13.5. The van der Waals surface area contributed by atoms with Crippen LogP contribution in [0.2, 0.25) is 0 Å². The molecular weight excluding hydrogens is 295 g/mol. The molecule has 0 spiro atoms. The van der Waals surface area contributed by atoms with E-state index in [1.165, 1.54) is 12.3 Å². The molecule has 0 saturated heterocycles. The van der Waals surface area contributed by atoms with Crippen LogP contribution in [0, 0.1) is 0 Å². The third-order valence-electron chi connectivity index (χ3n) is 2.64. The van der Waals surface area contributed by atoms with Crippen LogP contribution in [0.4, 0.5) is 0 Å². The van der Waals surface area contributed by atoms with Crippen LogP contribution in [0.3, 0.4) is 0 Å². The van der Waals surface area contributed by atoms with Gasteiger partial charge in [-0.3, -0.25) is 18.4 Å². The SMILES string of the molecule is CCCCOP(=O)(OCCCC)OCC(=O)c1ccco1. The van der Waals surface area contributed by atoms with Crippen LogP contribution in [0.15, 0.2) is 22.8 Å². The van der Waals surface area contributed by atoms with Gasteiger partial charge in [-0.05, 0) is 25.0 Å². The van der Waals surface area contributed by atoms with Gasteiger partial charge >= 0.3 is 7.82 Å². The molecule has 1 aromatic rings. The molecule has 0 saturated carbocycles. The Hall–Kier alpha value is -0.940. The Labute approximate surface area is 125 Å². The Morgan fingerprint density at radius 1 is 1.14 bits per heavy atom. The molecular formula is C14H23O6P. The van der Waals surface area contributed by atoms with Crippen LogP contribution >= 0.6 is 7.82 Å². The van der Waals surface area contributed by atoms with Crippen LogP contribution in [-0.2, 0) is 18.1 Å². The summed E-state index contributed by atoms with van der Waals surface area (Å²) >= 11 is 0. The number of phosphoric acid groups is 1. The third kappa shape index (κ3) is 7.05. The number of phosphoric ester groups is 1. The van der Waals surface area contributed by atoms with E-state index in [1.807, 2.05) is 13.8 Å². The lowest BCUT2D eigenvalue weighted by molar-refractivity contribution is 0.0771. The highest BCUT2D eigenvalue weighted by Crippen LogP contribution is 2.49. The molecule has 1 aromatic heterocycles. The molecule has 0 fully saturated rings. The van der Waals surface area contributed by atoms with Crippen molar-refractivity contribution in [1.82, 2.24) is 0 Å². The summed E-state index contributed by atoms with van der Waals surface area (Å²) in [6.45, 7) is 4.13. The van der Waals surface area contributed by atoms with Gasteiger partial charge in [-0.1, -0.05) is 26.7 Å². The highest BCUT2D eigenvalue weighted by atomic mass is 31.2. The van der Waals surface area contributed by atoms with Gasteiger partial charge in [0.1, 0.15) is 6.61 Å². The van der Waals surface area contributed by atoms with E-state index in [9.17, 15) is 9.36 Å². The molecule has 0 unspecified atom stereocenters. The van der Waals surface area contributed by atoms with Gasteiger partial charge in [0.05, 0.1) is 19.5 Å². The van der Waals surface area contributed by atoms with Crippen molar-refractivity contribution < 1.29 is 27.3 Å². The van der Waals surface area contributed by atoms with E-state index in [1.54, 1.807) is 6.07 Å². The number of Topliss-reactive ketones (excluding diaryl/α,β-unsaturated/α-hetero) is 1. The summed E-state index contributed by atoms with van der Waals surface area (Å²) < 4.78 is 32.9. The molecule has 0 aliphatic heterocycles. The molecule has 0 aliphatic carbocycles. The van der Waals surface area contributed by atoms with Crippen LogP contribution < -0.4 is 0 Å². The number of unbranched alkanes of at least 4 members (excludes halogenated alkanes) is 2. The van der Waals surface area contributed by atoms with Crippen molar-refractivity contribution in [2.45, 2.75) is 39.5 Å². The van der Waals surface area contributed by atoms with Crippen molar-refractivity contribution in [2.24, 2.45) is 0 Å². The van der Waals surface area contributed by atoms with E-state index in [0.717, 1.165) is 25.7 Å². The molecule has 6 nitrogen and oxygen atoms in total. The van der Waals surface area contributed by atoms with E-state index < -0.39 is 20.2 Å². The van der Waals surface area contributed by atoms with Crippen molar-refractivity contribution >= 4 is 13.6 Å². The molecule has 0 aliphatic rings. The predicted octanol–water partition coefficient (Wildman–Crippen LogP) is 4.22. The normalized spacial score (nSPS) is 11.7. The molecule has 0 atom stereocenters. The fourth-order valence-corrected chi connectivity index (χ4v) is 2.60. The Morgan fingerprint density at radius 3 is 2.24 bits per heavy atom. The molecule has 1 rings (SSSR count). The summed E-state index contributed by atoms with van der Waals surface area (Å²) in [5, 5.41) is 0. The van der Waals surface area contributed by atoms with Crippen molar-refractivity contribution in [1.29, 1.82) is 0 Å². The maximum atomic E-state index is 12.4. The van der Waals surface area contributed by atoms with E-state index in [2.05, 4.69) is 0 Å². The Bertz CT molecular complexity index is 428. The van der Waals surface area contributed by atoms with E-state index in [-0.39, 0.29) is 19.0 Å². The van der Waals surface area contributed by atoms with Crippen molar-refractivity contribution in [3.8, 4) is 0 Å². The second-order valence-corrected chi connectivity index (χ2v) is 6.16. The standard InChI is InChI=1S/C14H23O6P/c1-3-5-10-18-21(16,19-11-6-4-2)20-12-13(15)14-8-7-9-17-14/h7-9H,3-6,10-12H2,1-2H3. The smallest absolute Gasteiger partial charge is 0.461 e. The minimum Gasteiger partial charge on any atom is -0.461 e. The van der Waals surface area contributed by atoms with Gasteiger partial charge in [0, 0.05) is 0 Å². The first-order chi connectivity index (χ1) is 10.1. The summed E-state index contributed by atoms with van der Waals surface area (Å²) in [6.07, 6.45) is 4.69. The van der Waals surface area contributed by atoms with Gasteiger partial charge in [-0.15, -0.1) is 0 Å². The summed E-state index contributed by atoms with van der Waals surface area (Å²) in [4.78, 5) is 11.8. The first kappa shape index (κ1) is 18.1. The second-order valence-electron chi connectivity index (χ2n) is 4.49. The van der Waals surface area contributed by atoms with E-state index in [0.29, 0.717) is 0 Å². The number of hydrogen-bond donors (Lipinski definition) is 0. The number of furan rings is 1. The number of rotatable bonds is 12. The number of carbonyl (C=O) groups excluding carboxylic acids is 1. The number of hydrogen-bond acceptors (Lipinski definition) is 6. The minimum absolute atomic E-state index is 0.156. The summed E-state index contributed by atoms with van der Waals surface area (Å²) in [5.74, 6) is -0.248. The van der Waals surface area contributed by atoms with Crippen LogP contribution in [0.25, 0.3) is 0 Å². The number of carbonyl (C=O) groups is 1. The molecule has 0 N–H and O–H groups in total. The van der Waals surface area contributed by atoms with Crippen LogP contribution in [0.5, 0.6) is 0 Å². The van der Waals surface area contributed by atoms with Crippen LogP contribution in [0.1, 0.15) is 50.1 Å². The summed E-state index contributed by atoms with van der Waals surface area (Å²) in [7, 11) is -3.70. The maximum absolute atomic E-state index is 12.4. The fourth-order valence-electron chi connectivity index (χ4n) is 1.40. The molecule has 21 heavy (non-hydrogen) atoms. The largest absolute Gasteiger partial charge is 0.475 e. The first-order valence-corrected chi connectivity index (χ1v) is 8.67. The predicted molar refractivity (Wildman–Crippen MR) is 78.3 cm³/mol. The van der Waals surface area contributed by atoms with E-state index >= 15 is 0 Å². The first-order valence-electron chi connectivity index (χ1n) is 7.21. The van der Waals surface area contributed by atoms with Gasteiger partial charge in [-0.25, -0.2) is 4.57 Å². The molecule has 7 heteroatoms. The van der Waals surface area contributed by atoms with Crippen LogP contribution in [-0.4, -0.2) is 25.6 Å². The zero-order chi connectivity index (χ0) is 15.6. The molecule has 120 valence electrons. The average Bonchev–Trinajstić information content (AvgIpc) is 3.00. The van der Waals surface area contributed by atoms with Crippen molar-refractivity contribution in [3.05, 3.63) is 24.2 Å². The molecule has 0 aromatic carbocycles. The Kier molecular flexibility index (Phi) is 8.54. The zero-order valence-electron chi connectivity index (χ0n) is 12.6. The van der Waals surface area contributed by atoms with Gasteiger partial charge in [0.15, 0.2) is 5.76 Å². The quantitative estimate of drug-likeness (QED) is 0.326. The van der Waals surface area contributed by atoms with Gasteiger partial charge < -0.3 is 4.42 Å². The lowest BCUT2D eigenvalue weighted by atomic mass is 10.3. The maximum Gasteiger partial charge on any atom is 0.475 e. The topological polar surface area (TPSA) is 75.0 Å². The molecule has 1 heterocycles. The van der Waals surface area contributed by atoms with Gasteiger partial charge in [-0.2, -0.15) is 0 Å². The second kappa shape index (κ2) is 9.90. The summed E-state index contributed by atoms with van der Waals surface area (Å²) in [6, 6.07) is 3.12. The van der Waals surface area contributed by atoms with Crippen molar-refractivity contribution in [2.75, 3.05) is 19.8 Å². The third-order valence-corrected chi connectivity index (χ3v) is 4.09. The van der Waals surface area contributed by atoms with Crippen molar-refractivity contribution in [3.63, 3.8) is 0 Å². The fraction of sp³-hybridized carbons (Fsp3) is 0.643. The molecule has 0 bridgehead atoms. The molecule has 0 radical (unpaired) electrons. The Morgan fingerprint density at radius 2 is 1.76 bits per heavy atom. The minimum atomic E-state index is -3.70. The number of ketones is 1. The average molecular weight is 318 g/mol. The lowest BCUT2D eigenvalue weighted by Crippen LogP contribution is -2.10.